The first-order valence-electron chi connectivity index (χ1n) is 8.26. The molecule has 1 atom stereocenters. The van der Waals surface area contributed by atoms with Crippen molar-refractivity contribution in [1.29, 1.82) is 0 Å². The van der Waals surface area contributed by atoms with Gasteiger partial charge in [-0.1, -0.05) is 12.1 Å². The minimum absolute atomic E-state index is 0.0225. The Kier molecular flexibility index (Phi) is 6.57. The van der Waals surface area contributed by atoms with Crippen LogP contribution in [-0.4, -0.2) is 39.1 Å². The van der Waals surface area contributed by atoms with Gasteiger partial charge < -0.3 is 9.47 Å². The molecular formula is C19H21NO6S. The number of carbonyl (C=O) groups is 2. The maximum Gasteiger partial charge on any atom is 0.340 e. The molecule has 0 aliphatic heterocycles. The fourth-order valence-electron chi connectivity index (χ4n) is 2.34. The summed E-state index contributed by atoms with van der Waals surface area (Å²) in [6.45, 7) is 3.84. The molecule has 0 saturated carbocycles. The Bertz CT molecular complexity index is 921. The molecule has 2 aromatic carbocycles. The Hall–Kier alpha value is -2.87. The number of esters is 1. The van der Waals surface area contributed by atoms with E-state index in [4.69, 9.17) is 9.47 Å². The molecule has 0 saturated heterocycles. The summed E-state index contributed by atoms with van der Waals surface area (Å²) in [4.78, 5) is 24.9. The van der Waals surface area contributed by atoms with E-state index in [2.05, 4.69) is 4.72 Å². The van der Waals surface area contributed by atoms with Crippen LogP contribution in [-0.2, 0) is 14.8 Å². The van der Waals surface area contributed by atoms with Gasteiger partial charge in [0.05, 0.1) is 24.1 Å². The molecule has 8 heteroatoms. The largest absolute Gasteiger partial charge is 0.494 e. The third-order valence-electron chi connectivity index (χ3n) is 3.55. The molecule has 27 heavy (non-hydrogen) atoms. The van der Waals surface area contributed by atoms with Crippen molar-refractivity contribution in [1.82, 2.24) is 0 Å². The second-order valence-corrected chi connectivity index (χ2v) is 7.54. The molecule has 0 unspecified atom stereocenters. The number of ether oxygens (including phenoxy) is 2. The van der Waals surface area contributed by atoms with Gasteiger partial charge in [-0.05, 0) is 50.2 Å². The van der Waals surface area contributed by atoms with E-state index in [1.54, 1.807) is 36.4 Å². The molecule has 2 rings (SSSR count). The summed E-state index contributed by atoms with van der Waals surface area (Å²) >= 11 is 0. The van der Waals surface area contributed by atoms with Crippen molar-refractivity contribution in [2.45, 2.75) is 20.0 Å². The Morgan fingerprint density at radius 2 is 1.70 bits per heavy atom. The molecule has 0 radical (unpaired) electrons. The maximum absolute atomic E-state index is 12.5. The van der Waals surface area contributed by atoms with Crippen LogP contribution in [0.25, 0.3) is 0 Å². The van der Waals surface area contributed by atoms with Gasteiger partial charge in [-0.25, -0.2) is 13.2 Å². The molecule has 0 aliphatic rings. The van der Waals surface area contributed by atoms with E-state index < -0.39 is 22.1 Å². The average Bonchev–Trinajstić information content (AvgIpc) is 2.61. The van der Waals surface area contributed by atoms with Gasteiger partial charge in [0, 0.05) is 5.56 Å². The predicted molar refractivity (Wildman–Crippen MR) is 102 cm³/mol. The van der Waals surface area contributed by atoms with Crippen molar-refractivity contribution in [2.24, 2.45) is 0 Å². The maximum atomic E-state index is 12.5. The van der Waals surface area contributed by atoms with Crippen LogP contribution in [0.3, 0.4) is 0 Å². The van der Waals surface area contributed by atoms with E-state index in [0.717, 1.165) is 6.26 Å². The van der Waals surface area contributed by atoms with Crippen LogP contribution in [0, 0.1) is 0 Å². The van der Waals surface area contributed by atoms with E-state index in [1.165, 1.54) is 19.1 Å². The lowest BCUT2D eigenvalue weighted by Gasteiger charge is -2.15. The molecule has 1 N–H and O–H groups in total. The van der Waals surface area contributed by atoms with Crippen LogP contribution in [0.2, 0.25) is 0 Å². The van der Waals surface area contributed by atoms with Crippen LogP contribution in [0.5, 0.6) is 5.75 Å². The highest BCUT2D eigenvalue weighted by atomic mass is 32.2. The van der Waals surface area contributed by atoms with Crippen LogP contribution < -0.4 is 9.46 Å². The molecule has 0 aromatic heterocycles. The van der Waals surface area contributed by atoms with Gasteiger partial charge in [0.2, 0.25) is 15.8 Å². The van der Waals surface area contributed by atoms with Crippen LogP contribution in [0.1, 0.15) is 34.6 Å². The van der Waals surface area contributed by atoms with Crippen LogP contribution in [0.4, 0.5) is 5.69 Å². The average molecular weight is 391 g/mol. The summed E-state index contributed by atoms with van der Waals surface area (Å²) in [6.07, 6.45) is -0.0607. The van der Waals surface area contributed by atoms with Gasteiger partial charge in [0.25, 0.3) is 0 Å². The summed E-state index contributed by atoms with van der Waals surface area (Å²) < 4.78 is 35.7. The Balaban J connectivity index is 2.12. The van der Waals surface area contributed by atoms with Crippen LogP contribution >= 0.6 is 0 Å². The van der Waals surface area contributed by atoms with Crippen molar-refractivity contribution in [3.8, 4) is 5.75 Å². The number of nitrogens with one attached hydrogen (secondary N) is 1. The number of sulfonamides is 1. The van der Waals surface area contributed by atoms with Gasteiger partial charge in [0.15, 0.2) is 6.10 Å². The molecule has 0 amide bonds. The predicted octanol–water partition coefficient (Wildman–Crippen LogP) is 2.89. The zero-order valence-electron chi connectivity index (χ0n) is 15.3. The summed E-state index contributed by atoms with van der Waals surface area (Å²) in [5, 5.41) is 0. The zero-order chi connectivity index (χ0) is 20.0. The number of para-hydroxylation sites is 1. The normalized spacial score (nSPS) is 12.1. The molecule has 7 nitrogen and oxygen atoms in total. The highest BCUT2D eigenvalue weighted by Gasteiger charge is 2.22. The number of ketones is 1. The number of Topliss-reactive ketones (excluding diaryl/α,β-unsaturated/α-hetero) is 1. The van der Waals surface area contributed by atoms with E-state index in [1.807, 2.05) is 6.92 Å². The smallest absolute Gasteiger partial charge is 0.340 e. The first-order chi connectivity index (χ1) is 12.7. The summed E-state index contributed by atoms with van der Waals surface area (Å²) in [7, 11) is -3.57. The highest BCUT2D eigenvalue weighted by molar-refractivity contribution is 7.92. The summed E-state index contributed by atoms with van der Waals surface area (Å²) in [5.41, 5.74) is 0.487. The third kappa shape index (κ3) is 5.82. The zero-order valence-corrected chi connectivity index (χ0v) is 16.1. The van der Waals surface area contributed by atoms with Gasteiger partial charge in [0.1, 0.15) is 5.75 Å². The molecule has 2 aromatic rings. The van der Waals surface area contributed by atoms with Crippen molar-refractivity contribution < 1.29 is 27.5 Å². The van der Waals surface area contributed by atoms with Crippen molar-refractivity contribution in [3.05, 3.63) is 59.7 Å². The van der Waals surface area contributed by atoms with Crippen molar-refractivity contribution >= 4 is 27.5 Å². The second-order valence-electron chi connectivity index (χ2n) is 5.79. The molecule has 0 bridgehead atoms. The van der Waals surface area contributed by atoms with E-state index in [0.29, 0.717) is 17.9 Å². The number of hydrogen-bond acceptors (Lipinski definition) is 6. The summed E-state index contributed by atoms with van der Waals surface area (Å²) in [5.74, 6) is -0.534. The SMILES string of the molecule is CCOc1ccc(C(=O)[C@@H](C)OC(=O)c2ccccc2NS(C)(=O)=O)cc1. The van der Waals surface area contributed by atoms with E-state index in [-0.39, 0.29) is 17.0 Å². The van der Waals surface area contributed by atoms with E-state index >= 15 is 0 Å². The molecule has 0 spiro atoms. The highest BCUT2D eigenvalue weighted by Crippen LogP contribution is 2.19. The first kappa shape index (κ1) is 20.4. The van der Waals surface area contributed by atoms with E-state index in [9.17, 15) is 18.0 Å². The van der Waals surface area contributed by atoms with Crippen LogP contribution in [0.15, 0.2) is 48.5 Å². The molecule has 144 valence electrons. The lowest BCUT2D eigenvalue weighted by Crippen LogP contribution is -2.25. The standard InChI is InChI=1S/C19H21NO6S/c1-4-25-15-11-9-14(10-12-15)18(21)13(2)26-19(22)16-7-5-6-8-17(16)20-27(3,23)24/h5-13,20H,4H2,1-3H3/t13-/m1/s1. The first-order valence-corrected chi connectivity index (χ1v) is 10.1. The number of anilines is 1. The minimum atomic E-state index is -3.57. The number of rotatable bonds is 8. The third-order valence-corrected chi connectivity index (χ3v) is 4.14. The van der Waals surface area contributed by atoms with Crippen molar-refractivity contribution in [2.75, 3.05) is 17.6 Å². The summed E-state index contributed by atoms with van der Waals surface area (Å²) in [6, 6.07) is 12.5. The monoisotopic (exact) mass is 391 g/mol. The lowest BCUT2D eigenvalue weighted by atomic mass is 10.1. The lowest BCUT2D eigenvalue weighted by molar-refractivity contribution is 0.0320. The molecular weight excluding hydrogens is 370 g/mol. The molecule has 0 aliphatic carbocycles. The fraction of sp³-hybridized carbons (Fsp3) is 0.263. The molecule has 0 fully saturated rings. The van der Waals surface area contributed by atoms with Gasteiger partial charge >= 0.3 is 5.97 Å². The van der Waals surface area contributed by atoms with Gasteiger partial charge in [-0.2, -0.15) is 0 Å². The second kappa shape index (κ2) is 8.68. The number of hydrogen-bond donors (Lipinski definition) is 1. The Morgan fingerprint density at radius 1 is 1.07 bits per heavy atom. The Labute approximate surface area is 158 Å². The minimum Gasteiger partial charge on any atom is -0.494 e. The number of carbonyl (C=O) groups excluding carboxylic acids is 2. The van der Waals surface area contributed by atoms with Gasteiger partial charge in [-0.3, -0.25) is 9.52 Å². The van der Waals surface area contributed by atoms with Gasteiger partial charge in [-0.15, -0.1) is 0 Å². The Morgan fingerprint density at radius 3 is 2.30 bits per heavy atom. The molecule has 0 heterocycles. The fourth-order valence-corrected chi connectivity index (χ4v) is 2.92. The quantitative estimate of drug-likeness (QED) is 0.549. The van der Waals surface area contributed by atoms with Crippen molar-refractivity contribution in [3.63, 3.8) is 0 Å². The topological polar surface area (TPSA) is 98.8 Å². The number of benzene rings is 2.